The molecule has 0 bridgehead atoms. The molecule has 0 unspecified atom stereocenters. The molecule has 1 aliphatic rings. The summed E-state index contributed by atoms with van der Waals surface area (Å²) in [6.45, 7) is 6.89. The highest BCUT2D eigenvalue weighted by molar-refractivity contribution is 8.00. The molecule has 0 radical (unpaired) electrons. The molecule has 3 rings (SSSR count). The van der Waals surface area contributed by atoms with Gasteiger partial charge in [0.1, 0.15) is 11.0 Å². The predicted octanol–water partition coefficient (Wildman–Crippen LogP) is 3.82. The zero-order valence-electron chi connectivity index (χ0n) is 12.2. The Hall–Kier alpha value is -0.880. The van der Waals surface area contributed by atoms with Gasteiger partial charge in [-0.1, -0.05) is 25.6 Å². The third kappa shape index (κ3) is 2.76. The van der Waals surface area contributed by atoms with Crippen LogP contribution in [0, 0.1) is 5.41 Å². The molecule has 0 amide bonds. The summed E-state index contributed by atoms with van der Waals surface area (Å²) in [5.74, 6) is 1.07. The summed E-state index contributed by atoms with van der Waals surface area (Å²) in [6, 6.07) is 0. The van der Waals surface area contributed by atoms with Crippen molar-refractivity contribution in [2.24, 2.45) is 5.41 Å². The number of nitrogens with zero attached hydrogens (tertiary/aromatic N) is 4. The lowest BCUT2D eigenvalue weighted by Crippen LogP contribution is -2.26. The second-order valence-corrected chi connectivity index (χ2v) is 8.09. The molecule has 6 heteroatoms. The lowest BCUT2D eigenvalue weighted by Gasteiger charge is -2.24. The molecule has 1 saturated heterocycles. The molecule has 3 heterocycles. The Bertz CT molecular complexity index is 608. The Kier molecular flexibility index (Phi) is 3.86. The quantitative estimate of drug-likeness (QED) is 0.789. The van der Waals surface area contributed by atoms with E-state index in [1.165, 1.54) is 19.3 Å². The minimum Gasteiger partial charge on any atom is -0.355 e. The summed E-state index contributed by atoms with van der Waals surface area (Å²) < 4.78 is 2.20. The van der Waals surface area contributed by atoms with Gasteiger partial charge in [-0.15, -0.1) is 11.3 Å². The Morgan fingerprint density at radius 1 is 1.25 bits per heavy atom. The van der Waals surface area contributed by atoms with Crippen LogP contribution in [0.3, 0.4) is 0 Å². The first kappa shape index (κ1) is 14.1. The van der Waals surface area contributed by atoms with Crippen LogP contribution in [0.2, 0.25) is 0 Å². The lowest BCUT2D eigenvalue weighted by atomic mass is 9.85. The van der Waals surface area contributed by atoms with Crippen LogP contribution in [0.25, 0.3) is 10.3 Å². The van der Waals surface area contributed by atoms with Crippen LogP contribution < -0.4 is 4.90 Å². The number of fused-ring (bicyclic) bond motifs is 1. The fourth-order valence-corrected chi connectivity index (χ4v) is 4.20. The van der Waals surface area contributed by atoms with Gasteiger partial charge in [0, 0.05) is 13.1 Å². The molecule has 1 aliphatic heterocycles. The van der Waals surface area contributed by atoms with Crippen molar-refractivity contribution in [1.82, 2.24) is 15.0 Å². The number of aromatic nitrogens is 3. The van der Waals surface area contributed by atoms with E-state index in [2.05, 4.69) is 40.0 Å². The number of rotatable bonds is 2. The van der Waals surface area contributed by atoms with Crippen molar-refractivity contribution in [1.29, 1.82) is 0 Å². The number of thioether (sulfide) groups is 1. The molecular formula is C14H20N4S2. The van der Waals surface area contributed by atoms with E-state index in [1.54, 1.807) is 29.4 Å². The van der Waals surface area contributed by atoms with Gasteiger partial charge in [-0.05, 0) is 30.9 Å². The Labute approximate surface area is 128 Å². The van der Waals surface area contributed by atoms with Crippen molar-refractivity contribution in [2.45, 2.75) is 37.4 Å². The van der Waals surface area contributed by atoms with Gasteiger partial charge in [-0.25, -0.2) is 15.0 Å². The molecule has 2 aromatic heterocycles. The highest BCUT2D eigenvalue weighted by Crippen LogP contribution is 2.36. The number of hydrogen-bond acceptors (Lipinski definition) is 6. The second-order valence-electron chi connectivity index (χ2n) is 6.04. The van der Waals surface area contributed by atoms with E-state index in [4.69, 9.17) is 0 Å². The number of anilines is 1. The highest BCUT2D eigenvalue weighted by atomic mass is 32.2. The van der Waals surface area contributed by atoms with E-state index >= 15 is 0 Å². The van der Waals surface area contributed by atoms with Crippen LogP contribution in [-0.4, -0.2) is 34.3 Å². The van der Waals surface area contributed by atoms with Crippen molar-refractivity contribution < 1.29 is 0 Å². The van der Waals surface area contributed by atoms with Crippen LogP contribution in [0.5, 0.6) is 0 Å². The van der Waals surface area contributed by atoms with Gasteiger partial charge >= 0.3 is 0 Å². The van der Waals surface area contributed by atoms with Gasteiger partial charge in [-0.3, -0.25) is 0 Å². The van der Waals surface area contributed by atoms with Gasteiger partial charge in [0.05, 0.1) is 0 Å². The number of thiazole rings is 1. The molecule has 0 saturated carbocycles. The third-order valence-electron chi connectivity index (χ3n) is 3.97. The first-order valence-electron chi connectivity index (χ1n) is 6.99. The van der Waals surface area contributed by atoms with Crippen LogP contribution in [0.4, 0.5) is 5.82 Å². The van der Waals surface area contributed by atoms with Crippen molar-refractivity contribution >= 4 is 39.3 Å². The third-order valence-corrected chi connectivity index (χ3v) is 5.99. The van der Waals surface area contributed by atoms with Crippen LogP contribution in [0.1, 0.15) is 33.1 Å². The van der Waals surface area contributed by atoms with Crippen LogP contribution >= 0.6 is 23.1 Å². The Morgan fingerprint density at radius 2 is 2.10 bits per heavy atom. The zero-order chi connectivity index (χ0) is 14.2. The first-order chi connectivity index (χ1) is 9.59. The smallest absolute Gasteiger partial charge is 0.176 e. The largest absolute Gasteiger partial charge is 0.355 e. The summed E-state index contributed by atoms with van der Waals surface area (Å²) in [5, 5.41) is 0. The minimum absolute atomic E-state index is 0.443. The maximum Gasteiger partial charge on any atom is 0.176 e. The molecule has 1 fully saturated rings. The summed E-state index contributed by atoms with van der Waals surface area (Å²) >= 11 is 3.38. The summed E-state index contributed by atoms with van der Waals surface area (Å²) in [4.78, 5) is 15.8. The van der Waals surface area contributed by atoms with Gasteiger partial charge in [0.15, 0.2) is 15.8 Å². The molecule has 0 spiro atoms. The highest BCUT2D eigenvalue weighted by Gasteiger charge is 2.25. The Balaban J connectivity index is 1.95. The van der Waals surface area contributed by atoms with Crippen LogP contribution in [0.15, 0.2) is 10.7 Å². The maximum absolute atomic E-state index is 4.54. The average molecular weight is 308 g/mol. The fourth-order valence-electron chi connectivity index (χ4n) is 2.67. The van der Waals surface area contributed by atoms with Gasteiger partial charge in [-0.2, -0.15) is 0 Å². The van der Waals surface area contributed by atoms with E-state index in [0.29, 0.717) is 5.41 Å². The lowest BCUT2D eigenvalue weighted by molar-refractivity contribution is 0.325. The molecule has 0 aromatic carbocycles. The Morgan fingerprint density at radius 3 is 2.90 bits per heavy atom. The molecule has 2 aromatic rings. The molecule has 20 heavy (non-hydrogen) atoms. The summed E-state index contributed by atoms with van der Waals surface area (Å²) in [7, 11) is 0. The van der Waals surface area contributed by atoms with E-state index in [0.717, 1.165) is 33.6 Å². The monoisotopic (exact) mass is 308 g/mol. The SMILES string of the molecule is CSc1nc2ncnc(N3CCCC(C)(C)CC3)c2s1. The number of hydrogen-bond donors (Lipinski definition) is 0. The predicted molar refractivity (Wildman–Crippen MR) is 86.8 cm³/mol. The standard InChI is InChI=1S/C14H20N4S2/c1-14(2)5-4-7-18(8-6-14)12-10-11(15-9-16-12)17-13(19-3)20-10/h9H,4-8H2,1-3H3. The maximum atomic E-state index is 4.54. The minimum atomic E-state index is 0.443. The zero-order valence-corrected chi connectivity index (χ0v) is 13.9. The topological polar surface area (TPSA) is 41.9 Å². The normalized spacial score (nSPS) is 19.2. The molecule has 4 nitrogen and oxygen atoms in total. The van der Waals surface area contributed by atoms with Crippen LogP contribution in [-0.2, 0) is 0 Å². The molecular weight excluding hydrogens is 288 g/mol. The van der Waals surface area contributed by atoms with E-state index in [-0.39, 0.29) is 0 Å². The summed E-state index contributed by atoms with van der Waals surface area (Å²) in [5.41, 5.74) is 1.28. The van der Waals surface area contributed by atoms with Crippen molar-refractivity contribution in [3.8, 4) is 0 Å². The van der Waals surface area contributed by atoms with E-state index < -0.39 is 0 Å². The average Bonchev–Trinajstić information content (AvgIpc) is 2.77. The second kappa shape index (κ2) is 5.48. The van der Waals surface area contributed by atoms with E-state index in [1.807, 2.05) is 0 Å². The van der Waals surface area contributed by atoms with E-state index in [9.17, 15) is 0 Å². The van der Waals surface area contributed by atoms with Gasteiger partial charge in [0.2, 0.25) is 0 Å². The molecule has 0 aliphatic carbocycles. The van der Waals surface area contributed by atoms with Crippen molar-refractivity contribution in [2.75, 3.05) is 24.2 Å². The van der Waals surface area contributed by atoms with Gasteiger partial charge in [0.25, 0.3) is 0 Å². The molecule has 0 N–H and O–H groups in total. The fraction of sp³-hybridized carbons (Fsp3) is 0.643. The summed E-state index contributed by atoms with van der Waals surface area (Å²) in [6.07, 6.45) is 7.44. The van der Waals surface area contributed by atoms with Crippen molar-refractivity contribution in [3.05, 3.63) is 6.33 Å². The molecule has 0 atom stereocenters. The van der Waals surface area contributed by atoms with Crippen molar-refractivity contribution in [3.63, 3.8) is 0 Å². The first-order valence-corrected chi connectivity index (χ1v) is 9.04. The van der Waals surface area contributed by atoms with Gasteiger partial charge < -0.3 is 4.90 Å². The molecule has 108 valence electrons.